The zero-order valence-electron chi connectivity index (χ0n) is 18.4. The lowest BCUT2D eigenvalue weighted by molar-refractivity contribution is -0.118. The highest BCUT2D eigenvalue weighted by Crippen LogP contribution is 2.34. The second-order valence-electron chi connectivity index (χ2n) is 8.48. The molecular weight excluding hydrogens is 462 g/mol. The predicted molar refractivity (Wildman–Crippen MR) is 128 cm³/mol. The molecule has 1 aromatic carbocycles. The van der Waals surface area contributed by atoms with Crippen molar-refractivity contribution in [3.05, 3.63) is 46.3 Å². The summed E-state index contributed by atoms with van der Waals surface area (Å²) in [5, 5.41) is 19.2. The molecule has 12 heteroatoms. The number of aromatic nitrogens is 1. The van der Waals surface area contributed by atoms with Gasteiger partial charge in [0.25, 0.3) is 5.91 Å². The molecule has 5 rings (SSSR count). The van der Waals surface area contributed by atoms with Crippen LogP contribution in [0.3, 0.4) is 0 Å². The fourth-order valence-corrected chi connectivity index (χ4v) is 4.54. The van der Waals surface area contributed by atoms with Gasteiger partial charge in [-0.1, -0.05) is 11.6 Å². The highest BCUT2D eigenvalue weighted by Gasteiger charge is 2.27. The number of nitrogens with zero attached hydrogens (tertiary/aromatic N) is 4. The first-order valence-corrected chi connectivity index (χ1v) is 11.6. The molecule has 0 spiro atoms. The van der Waals surface area contributed by atoms with E-state index in [1.165, 1.54) is 0 Å². The van der Waals surface area contributed by atoms with Gasteiger partial charge in [0, 0.05) is 30.7 Å². The first-order chi connectivity index (χ1) is 16.5. The summed E-state index contributed by atoms with van der Waals surface area (Å²) in [6.45, 7) is 3.56. The number of likely N-dealkylation sites (tertiary alicyclic amines) is 1. The van der Waals surface area contributed by atoms with E-state index in [0.29, 0.717) is 58.8 Å². The molecule has 3 N–H and O–H groups in total. The van der Waals surface area contributed by atoms with Crippen molar-refractivity contribution >= 4 is 40.7 Å². The van der Waals surface area contributed by atoms with Gasteiger partial charge in [0.2, 0.25) is 0 Å². The lowest BCUT2D eigenvalue weighted by Crippen LogP contribution is -2.54. The minimum atomic E-state index is -0.458. The smallest absolute Gasteiger partial charge is 0.340 e. The lowest BCUT2D eigenvalue weighted by Gasteiger charge is -2.42. The monoisotopic (exact) mass is 486 g/mol. The molecule has 34 heavy (non-hydrogen) atoms. The van der Waals surface area contributed by atoms with E-state index >= 15 is 0 Å². The van der Waals surface area contributed by atoms with Crippen LogP contribution in [0, 0.1) is 5.21 Å². The third-order valence-electron chi connectivity index (χ3n) is 6.22. The molecule has 3 aliphatic heterocycles. The number of ether oxygens (including phenoxy) is 1. The number of carbonyl (C=O) groups excluding carboxylic acids is 2. The molecule has 3 amide bonds. The number of piperidine rings is 1. The molecular formula is C22H25ClN7O4-. The van der Waals surface area contributed by atoms with Gasteiger partial charge in [-0.05, 0) is 56.3 Å². The Morgan fingerprint density at radius 2 is 1.97 bits per heavy atom. The summed E-state index contributed by atoms with van der Waals surface area (Å²) in [6.07, 6.45) is 1.93. The second-order valence-corrected chi connectivity index (χ2v) is 8.92. The van der Waals surface area contributed by atoms with Gasteiger partial charge in [0.1, 0.15) is 0 Å². The SMILES string of the molecule is O=C1COc2ccc(CNC3CCN(CCN4C(=O)NN([O-])c5ccc(Cl)cc54)CC3)nc2N1. The molecule has 0 bridgehead atoms. The molecule has 4 heterocycles. The van der Waals surface area contributed by atoms with Gasteiger partial charge in [-0.15, -0.1) is 0 Å². The van der Waals surface area contributed by atoms with Crippen molar-refractivity contribution in [2.45, 2.75) is 25.4 Å². The first-order valence-electron chi connectivity index (χ1n) is 11.2. The summed E-state index contributed by atoms with van der Waals surface area (Å²) in [5.41, 5.74) is 4.04. The van der Waals surface area contributed by atoms with Crippen LogP contribution in [0.25, 0.3) is 0 Å². The van der Waals surface area contributed by atoms with Crippen LogP contribution in [-0.4, -0.2) is 60.6 Å². The Morgan fingerprint density at radius 3 is 2.79 bits per heavy atom. The van der Waals surface area contributed by atoms with Crippen LogP contribution in [0.5, 0.6) is 5.75 Å². The van der Waals surface area contributed by atoms with Gasteiger partial charge in [0.15, 0.2) is 18.2 Å². The van der Waals surface area contributed by atoms with E-state index < -0.39 is 6.03 Å². The van der Waals surface area contributed by atoms with Crippen molar-refractivity contribution in [3.63, 3.8) is 0 Å². The van der Waals surface area contributed by atoms with Crippen molar-refractivity contribution in [1.29, 1.82) is 0 Å². The fraction of sp³-hybridized carbons (Fsp3) is 0.409. The lowest BCUT2D eigenvalue weighted by atomic mass is 10.0. The fourth-order valence-electron chi connectivity index (χ4n) is 4.38. The number of fused-ring (bicyclic) bond motifs is 2. The predicted octanol–water partition coefficient (Wildman–Crippen LogP) is 2.07. The topological polar surface area (TPSA) is 125 Å². The molecule has 0 aliphatic carbocycles. The third-order valence-corrected chi connectivity index (χ3v) is 6.46. The summed E-state index contributed by atoms with van der Waals surface area (Å²) in [6, 6.07) is 8.50. The molecule has 0 radical (unpaired) electrons. The van der Waals surface area contributed by atoms with E-state index in [-0.39, 0.29) is 12.5 Å². The highest BCUT2D eigenvalue weighted by molar-refractivity contribution is 6.31. The maximum atomic E-state index is 12.4. The number of benzene rings is 1. The number of urea groups is 1. The quantitative estimate of drug-likeness (QED) is 0.566. The second kappa shape index (κ2) is 9.63. The van der Waals surface area contributed by atoms with Crippen LogP contribution >= 0.6 is 11.6 Å². The summed E-state index contributed by atoms with van der Waals surface area (Å²) in [5.74, 6) is 0.860. The molecule has 0 unspecified atom stereocenters. The standard InChI is InChI=1S/C22H25ClN7O4/c23-14-1-3-17-18(11-14)29(22(32)27-30(17)33)10-9-28-7-5-15(6-8-28)24-12-16-2-4-19-21(25-16)26-20(31)13-34-19/h1-4,11,15,24H,5-10,12-13H2,(H,27,32)(H,25,26,31)/q-1. The van der Waals surface area contributed by atoms with Crippen LogP contribution in [0.4, 0.5) is 22.0 Å². The number of hydrogen-bond acceptors (Lipinski definition) is 8. The zero-order valence-corrected chi connectivity index (χ0v) is 19.2. The molecule has 1 aromatic heterocycles. The molecule has 1 fully saturated rings. The molecule has 11 nitrogen and oxygen atoms in total. The minimum absolute atomic E-state index is 0.0185. The Bertz CT molecular complexity index is 1090. The van der Waals surface area contributed by atoms with Gasteiger partial charge >= 0.3 is 6.03 Å². The number of pyridine rings is 1. The Kier molecular flexibility index (Phi) is 6.42. The van der Waals surface area contributed by atoms with Crippen LogP contribution in [0.15, 0.2) is 30.3 Å². The number of carbonyl (C=O) groups is 2. The summed E-state index contributed by atoms with van der Waals surface area (Å²) >= 11 is 6.09. The molecule has 2 aromatic rings. The van der Waals surface area contributed by atoms with E-state index in [1.54, 1.807) is 23.1 Å². The summed E-state index contributed by atoms with van der Waals surface area (Å²) in [7, 11) is 0. The van der Waals surface area contributed by atoms with E-state index in [9.17, 15) is 14.8 Å². The van der Waals surface area contributed by atoms with Crippen LogP contribution in [0.1, 0.15) is 18.5 Å². The van der Waals surface area contributed by atoms with Crippen molar-refractivity contribution in [2.75, 3.05) is 48.2 Å². The Labute approximate surface area is 201 Å². The normalized spacial score (nSPS) is 18.6. The average Bonchev–Trinajstić information content (AvgIpc) is 2.83. The van der Waals surface area contributed by atoms with Crippen LogP contribution in [0.2, 0.25) is 5.02 Å². The highest BCUT2D eigenvalue weighted by atomic mass is 35.5. The van der Waals surface area contributed by atoms with Gasteiger partial charge in [-0.25, -0.2) is 9.78 Å². The molecule has 0 saturated carbocycles. The Balaban J connectivity index is 1.10. The summed E-state index contributed by atoms with van der Waals surface area (Å²) < 4.78 is 5.35. The van der Waals surface area contributed by atoms with Crippen LogP contribution < -0.4 is 30.9 Å². The largest absolute Gasteiger partial charge is 0.739 e. The van der Waals surface area contributed by atoms with Gasteiger partial charge in [0.05, 0.1) is 17.1 Å². The Hall–Kier alpha value is -3.12. The minimum Gasteiger partial charge on any atom is -0.739 e. The number of anilines is 3. The number of amides is 3. The van der Waals surface area contributed by atoms with Crippen LogP contribution in [-0.2, 0) is 11.3 Å². The third kappa shape index (κ3) is 4.87. The number of rotatable bonds is 6. The molecule has 3 aliphatic rings. The van der Waals surface area contributed by atoms with Crippen molar-refractivity contribution < 1.29 is 14.3 Å². The number of halogens is 1. The van der Waals surface area contributed by atoms with E-state index in [0.717, 1.165) is 31.6 Å². The van der Waals surface area contributed by atoms with Gasteiger partial charge < -0.3 is 30.6 Å². The maximum Gasteiger partial charge on any atom is 0.340 e. The van der Waals surface area contributed by atoms with Gasteiger partial charge in [-0.3, -0.25) is 15.1 Å². The van der Waals surface area contributed by atoms with E-state index in [2.05, 4.69) is 25.9 Å². The van der Waals surface area contributed by atoms with Crippen molar-refractivity contribution in [2.24, 2.45) is 0 Å². The molecule has 180 valence electrons. The first kappa shape index (κ1) is 22.7. The number of nitrogens with one attached hydrogen (secondary N) is 3. The molecule has 1 saturated heterocycles. The number of hydrogen-bond donors (Lipinski definition) is 3. The molecule has 0 atom stereocenters. The van der Waals surface area contributed by atoms with Crippen molar-refractivity contribution in [1.82, 2.24) is 20.6 Å². The zero-order chi connectivity index (χ0) is 23.7. The average molecular weight is 487 g/mol. The maximum absolute atomic E-state index is 12.4. The van der Waals surface area contributed by atoms with Crippen molar-refractivity contribution in [3.8, 4) is 5.75 Å². The van der Waals surface area contributed by atoms with Gasteiger partial charge in [-0.2, -0.15) is 0 Å². The van der Waals surface area contributed by atoms with E-state index in [4.69, 9.17) is 16.3 Å². The Morgan fingerprint density at radius 1 is 1.15 bits per heavy atom. The van der Waals surface area contributed by atoms with E-state index in [1.807, 2.05) is 12.1 Å². The number of hydrazine groups is 1. The summed E-state index contributed by atoms with van der Waals surface area (Å²) in [4.78, 5) is 32.2.